The van der Waals surface area contributed by atoms with E-state index in [9.17, 15) is 9.90 Å². The Balaban J connectivity index is 2.43. The van der Waals surface area contributed by atoms with Crippen molar-refractivity contribution in [1.29, 1.82) is 0 Å². The van der Waals surface area contributed by atoms with E-state index in [0.717, 1.165) is 5.56 Å². The molecule has 2 aromatic rings. The summed E-state index contributed by atoms with van der Waals surface area (Å²) in [7, 11) is 0. The normalized spacial score (nSPS) is 10.2. The minimum absolute atomic E-state index is 0.111. The Morgan fingerprint density at radius 2 is 2.05 bits per heavy atom. The lowest BCUT2D eigenvalue weighted by atomic mass is 10.1. The van der Waals surface area contributed by atoms with E-state index in [2.05, 4.69) is 10.3 Å². The molecular weight excluding hydrogens is 268 g/mol. The van der Waals surface area contributed by atoms with Crippen molar-refractivity contribution < 1.29 is 15.0 Å². The molecule has 0 radical (unpaired) electrons. The second-order valence-electron chi connectivity index (χ2n) is 4.00. The van der Waals surface area contributed by atoms with Gasteiger partial charge in [0.2, 0.25) is 5.88 Å². The minimum atomic E-state index is -1.05. The summed E-state index contributed by atoms with van der Waals surface area (Å²) in [6.07, 6.45) is 1.30. The van der Waals surface area contributed by atoms with Gasteiger partial charge in [0, 0.05) is 6.20 Å². The van der Waals surface area contributed by atoms with Gasteiger partial charge in [-0.2, -0.15) is 0 Å². The van der Waals surface area contributed by atoms with Crippen LogP contribution in [0.1, 0.15) is 15.9 Å². The van der Waals surface area contributed by atoms with Crippen molar-refractivity contribution in [1.82, 2.24) is 4.98 Å². The van der Waals surface area contributed by atoms with E-state index >= 15 is 0 Å². The van der Waals surface area contributed by atoms with Crippen molar-refractivity contribution in [2.45, 2.75) is 6.92 Å². The van der Waals surface area contributed by atoms with Crippen LogP contribution in [-0.2, 0) is 0 Å². The van der Waals surface area contributed by atoms with Crippen LogP contribution in [0, 0.1) is 6.92 Å². The first-order valence-electron chi connectivity index (χ1n) is 5.43. The van der Waals surface area contributed by atoms with Crippen LogP contribution in [0.3, 0.4) is 0 Å². The van der Waals surface area contributed by atoms with E-state index in [4.69, 9.17) is 16.7 Å². The molecule has 6 heteroatoms. The van der Waals surface area contributed by atoms with Crippen molar-refractivity contribution in [3.63, 3.8) is 0 Å². The van der Waals surface area contributed by atoms with Crippen LogP contribution in [-0.4, -0.2) is 21.2 Å². The molecule has 0 aliphatic carbocycles. The summed E-state index contributed by atoms with van der Waals surface area (Å²) >= 11 is 5.78. The lowest BCUT2D eigenvalue weighted by molar-refractivity contribution is 0.0698. The maximum Gasteiger partial charge on any atom is 0.337 e. The highest BCUT2D eigenvalue weighted by Crippen LogP contribution is 2.29. The molecule has 19 heavy (non-hydrogen) atoms. The number of hydrogen-bond acceptors (Lipinski definition) is 4. The average molecular weight is 279 g/mol. The molecule has 0 aliphatic rings. The number of benzene rings is 1. The number of nitrogens with one attached hydrogen (secondary N) is 1. The van der Waals surface area contributed by atoms with E-state index in [1.54, 1.807) is 25.1 Å². The molecule has 0 saturated carbocycles. The van der Waals surface area contributed by atoms with Crippen LogP contribution in [0.5, 0.6) is 5.88 Å². The van der Waals surface area contributed by atoms with E-state index in [0.29, 0.717) is 10.7 Å². The van der Waals surface area contributed by atoms with E-state index < -0.39 is 5.97 Å². The molecular formula is C13H11ClN2O3. The maximum atomic E-state index is 11.2. The number of pyridine rings is 1. The van der Waals surface area contributed by atoms with E-state index in [1.165, 1.54) is 12.3 Å². The van der Waals surface area contributed by atoms with E-state index in [-0.39, 0.29) is 17.1 Å². The highest BCUT2D eigenvalue weighted by atomic mass is 35.5. The van der Waals surface area contributed by atoms with Crippen molar-refractivity contribution in [2.24, 2.45) is 0 Å². The van der Waals surface area contributed by atoms with Crippen molar-refractivity contribution >= 4 is 28.9 Å². The van der Waals surface area contributed by atoms with Gasteiger partial charge in [0.25, 0.3) is 0 Å². The van der Waals surface area contributed by atoms with Crippen molar-refractivity contribution in [3.8, 4) is 5.88 Å². The van der Waals surface area contributed by atoms with Crippen molar-refractivity contribution in [3.05, 3.63) is 46.6 Å². The number of aryl methyl sites for hydroxylation is 1. The molecule has 1 heterocycles. The minimum Gasteiger partial charge on any atom is -0.492 e. The fourth-order valence-corrected chi connectivity index (χ4v) is 1.77. The Hall–Kier alpha value is -2.27. The molecule has 2 rings (SSSR count). The van der Waals surface area contributed by atoms with Crippen LogP contribution < -0.4 is 5.32 Å². The number of aromatic carboxylic acids is 1. The van der Waals surface area contributed by atoms with Crippen LogP contribution in [0.4, 0.5) is 11.4 Å². The van der Waals surface area contributed by atoms with E-state index in [1.807, 2.05) is 0 Å². The number of carbonyl (C=O) groups is 1. The molecule has 0 atom stereocenters. The summed E-state index contributed by atoms with van der Waals surface area (Å²) in [5.41, 5.74) is 1.55. The Kier molecular flexibility index (Phi) is 3.57. The molecule has 3 N–H and O–H groups in total. The third-order valence-electron chi connectivity index (χ3n) is 2.51. The first kappa shape index (κ1) is 13.2. The second kappa shape index (κ2) is 5.16. The lowest BCUT2D eigenvalue weighted by Crippen LogP contribution is -2.03. The number of carboxylic acids is 1. The zero-order chi connectivity index (χ0) is 14.0. The maximum absolute atomic E-state index is 11.2. The summed E-state index contributed by atoms with van der Waals surface area (Å²) in [6, 6.07) is 6.40. The Morgan fingerprint density at radius 1 is 1.32 bits per heavy atom. The fraction of sp³-hybridized carbons (Fsp3) is 0.0769. The zero-order valence-corrected chi connectivity index (χ0v) is 10.8. The molecule has 1 aromatic carbocycles. The molecule has 98 valence electrons. The van der Waals surface area contributed by atoms with Crippen LogP contribution in [0.15, 0.2) is 30.5 Å². The summed E-state index contributed by atoms with van der Waals surface area (Å²) in [4.78, 5) is 14.9. The first-order chi connectivity index (χ1) is 8.97. The largest absolute Gasteiger partial charge is 0.492 e. The molecule has 0 amide bonds. The number of carboxylic acid groups (broad SMARTS) is 1. The Labute approximate surface area is 114 Å². The Bertz CT molecular complexity index is 644. The zero-order valence-electron chi connectivity index (χ0n) is 10.0. The SMILES string of the molecule is Cc1ccc(Nc2cc(Cl)cnc2O)c(C(=O)O)c1. The van der Waals surface area contributed by atoms with Gasteiger partial charge in [0.05, 0.1) is 16.3 Å². The van der Waals surface area contributed by atoms with Crippen LogP contribution >= 0.6 is 11.6 Å². The fourth-order valence-electron chi connectivity index (χ4n) is 1.61. The number of anilines is 2. The number of rotatable bonds is 3. The number of halogens is 1. The monoisotopic (exact) mass is 278 g/mol. The van der Waals surface area contributed by atoms with Crippen molar-refractivity contribution in [2.75, 3.05) is 5.32 Å². The molecule has 0 saturated heterocycles. The van der Waals surface area contributed by atoms with Gasteiger partial charge in [0.15, 0.2) is 0 Å². The van der Waals surface area contributed by atoms with Gasteiger partial charge in [-0.15, -0.1) is 0 Å². The number of aromatic hydroxyl groups is 1. The van der Waals surface area contributed by atoms with Gasteiger partial charge in [-0.05, 0) is 25.1 Å². The highest BCUT2D eigenvalue weighted by molar-refractivity contribution is 6.30. The Morgan fingerprint density at radius 3 is 2.74 bits per heavy atom. The summed E-state index contributed by atoms with van der Waals surface area (Å²) in [5.74, 6) is -1.30. The topological polar surface area (TPSA) is 82.5 Å². The predicted octanol–water partition coefficient (Wildman–Crippen LogP) is 3.19. The van der Waals surface area contributed by atoms with Gasteiger partial charge in [0.1, 0.15) is 5.69 Å². The third-order valence-corrected chi connectivity index (χ3v) is 2.71. The highest BCUT2D eigenvalue weighted by Gasteiger charge is 2.12. The van der Waals surface area contributed by atoms with Gasteiger partial charge < -0.3 is 15.5 Å². The number of hydrogen-bond donors (Lipinski definition) is 3. The molecule has 0 bridgehead atoms. The lowest BCUT2D eigenvalue weighted by Gasteiger charge is -2.11. The predicted molar refractivity (Wildman–Crippen MR) is 72.3 cm³/mol. The molecule has 5 nitrogen and oxygen atoms in total. The average Bonchev–Trinajstić information content (AvgIpc) is 2.35. The third kappa shape index (κ3) is 2.95. The van der Waals surface area contributed by atoms with Gasteiger partial charge in [-0.1, -0.05) is 23.2 Å². The second-order valence-corrected chi connectivity index (χ2v) is 4.44. The van der Waals surface area contributed by atoms with Gasteiger partial charge in [-0.25, -0.2) is 9.78 Å². The van der Waals surface area contributed by atoms with Gasteiger partial charge >= 0.3 is 5.97 Å². The summed E-state index contributed by atoms with van der Waals surface area (Å²) in [6.45, 7) is 1.80. The molecule has 0 unspecified atom stereocenters. The quantitative estimate of drug-likeness (QED) is 0.803. The number of aromatic nitrogens is 1. The van der Waals surface area contributed by atoms with Gasteiger partial charge in [-0.3, -0.25) is 0 Å². The molecule has 0 aliphatic heterocycles. The summed E-state index contributed by atoms with van der Waals surface area (Å²) in [5, 5.41) is 21.9. The molecule has 0 fully saturated rings. The summed E-state index contributed by atoms with van der Waals surface area (Å²) < 4.78 is 0. The van der Waals surface area contributed by atoms with Crippen LogP contribution in [0.25, 0.3) is 0 Å². The standard InChI is InChI=1S/C13H11ClN2O3/c1-7-2-3-10(9(4-7)13(18)19)16-11-5-8(14)6-15-12(11)17/h2-6,16H,1H3,(H,15,17)(H,18,19). The van der Waals surface area contributed by atoms with Crippen LogP contribution in [0.2, 0.25) is 5.02 Å². The first-order valence-corrected chi connectivity index (χ1v) is 5.80. The molecule has 0 spiro atoms. The smallest absolute Gasteiger partial charge is 0.337 e. The number of nitrogens with zero attached hydrogens (tertiary/aromatic N) is 1. The molecule has 1 aromatic heterocycles.